The first kappa shape index (κ1) is 18.5. The first-order valence-electron chi connectivity index (χ1n) is 8.09. The molecule has 2 rings (SSSR count). The summed E-state index contributed by atoms with van der Waals surface area (Å²) in [7, 11) is 2.08. The van der Waals surface area contributed by atoms with Crippen LogP contribution in [0.15, 0.2) is 18.2 Å². The molecule has 130 valence electrons. The molecule has 0 saturated carbocycles. The van der Waals surface area contributed by atoms with E-state index in [2.05, 4.69) is 21.6 Å². The van der Waals surface area contributed by atoms with Crippen molar-refractivity contribution in [2.75, 3.05) is 38.1 Å². The molecule has 0 spiro atoms. The maximum atomic E-state index is 14.5. The Bertz CT molecular complexity index is 527. The van der Waals surface area contributed by atoms with Crippen molar-refractivity contribution in [2.24, 2.45) is 0 Å². The molecule has 1 aliphatic heterocycles. The quantitative estimate of drug-likeness (QED) is 0.855. The number of anilines is 1. The summed E-state index contributed by atoms with van der Waals surface area (Å²) in [5.41, 5.74) is 1.48. The third-order valence-electron chi connectivity index (χ3n) is 4.16. The van der Waals surface area contributed by atoms with Crippen LogP contribution in [-0.4, -0.2) is 47.4 Å². The molecule has 0 aromatic heterocycles. The van der Waals surface area contributed by atoms with Crippen molar-refractivity contribution in [1.82, 2.24) is 9.62 Å². The average Bonchev–Trinajstić information content (AvgIpc) is 2.47. The number of benzene rings is 1. The van der Waals surface area contributed by atoms with Crippen LogP contribution in [0.4, 0.5) is 10.1 Å². The molecule has 0 radical (unpaired) electrons. The van der Waals surface area contributed by atoms with E-state index >= 15 is 0 Å². The lowest BCUT2D eigenvalue weighted by Crippen LogP contribution is -2.44. The van der Waals surface area contributed by atoms with Crippen LogP contribution in [0.25, 0.3) is 0 Å². The van der Waals surface area contributed by atoms with Gasteiger partial charge in [0.15, 0.2) is 0 Å². The van der Waals surface area contributed by atoms with E-state index in [-0.39, 0.29) is 16.6 Å². The zero-order valence-corrected chi connectivity index (χ0v) is 15.5. The van der Waals surface area contributed by atoms with Crippen LogP contribution < -0.4 is 9.62 Å². The molecule has 1 aliphatic rings. The van der Waals surface area contributed by atoms with Crippen molar-refractivity contribution < 1.29 is 8.94 Å². The molecule has 1 fully saturated rings. The van der Waals surface area contributed by atoms with Gasteiger partial charge in [0.2, 0.25) is 0 Å². The summed E-state index contributed by atoms with van der Waals surface area (Å²) in [5.74, 6) is -0.206. The van der Waals surface area contributed by atoms with E-state index in [0.29, 0.717) is 5.69 Å². The third kappa shape index (κ3) is 4.83. The fourth-order valence-corrected chi connectivity index (χ4v) is 3.31. The summed E-state index contributed by atoms with van der Waals surface area (Å²) >= 11 is -1.18. The molecular formula is C17H28FN3OS. The molecule has 0 aliphatic carbocycles. The molecular weight excluding hydrogens is 313 g/mol. The van der Waals surface area contributed by atoms with Crippen molar-refractivity contribution in [2.45, 2.75) is 38.5 Å². The van der Waals surface area contributed by atoms with Crippen molar-refractivity contribution in [3.63, 3.8) is 0 Å². The SMILES string of the molecule is C[C@H](N[S+]([O-])C(C)(C)C)c1ccc(N2CCN(C)CC2)c(F)c1. The number of rotatable bonds is 4. The molecule has 1 N–H and O–H groups in total. The molecule has 4 nitrogen and oxygen atoms in total. The van der Waals surface area contributed by atoms with Crippen LogP contribution in [0.1, 0.15) is 39.3 Å². The Labute approximate surface area is 142 Å². The number of halogens is 1. The van der Waals surface area contributed by atoms with Crippen molar-refractivity contribution in [1.29, 1.82) is 0 Å². The Balaban J connectivity index is 2.06. The summed E-state index contributed by atoms with van der Waals surface area (Å²) in [5, 5.41) is 0. The fraction of sp³-hybridized carbons (Fsp3) is 0.647. The van der Waals surface area contributed by atoms with Crippen LogP contribution in [0.5, 0.6) is 0 Å². The van der Waals surface area contributed by atoms with E-state index in [1.807, 2.05) is 39.8 Å². The largest absolute Gasteiger partial charge is 0.598 e. The Kier molecular flexibility index (Phi) is 5.94. The zero-order valence-electron chi connectivity index (χ0n) is 14.7. The Morgan fingerprint density at radius 2 is 1.83 bits per heavy atom. The Morgan fingerprint density at radius 1 is 1.22 bits per heavy atom. The van der Waals surface area contributed by atoms with Crippen LogP contribution in [-0.2, 0) is 11.4 Å². The monoisotopic (exact) mass is 341 g/mol. The second-order valence-electron chi connectivity index (χ2n) is 7.22. The highest BCUT2D eigenvalue weighted by Gasteiger charge is 2.28. The van der Waals surface area contributed by atoms with Gasteiger partial charge in [0, 0.05) is 37.5 Å². The predicted molar refractivity (Wildman–Crippen MR) is 95.6 cm³/mol. The first-order chi connectivity index (χ1) is 10.7. The van der Waals surface area contributed by atoms with Gasteiger partial charge in [0.25, 0.3) is 0 Å². The second-order valence-corrected chi connectivity index (χ2v) is 9.22. The van der Waals surface area contributed by atoms with Gasteiger partial charge in [-0.15, -0.1) is 4.72 Å². The number of nitrogens with zero attached hydrogens (tertiary/aromatic N) is 2. The Morgan fingerprint density at radius 3 is 2.35 bits per heavy atom. The van der Waals surface area contributed by atoms with Crippen molar-refractivity contribution >= 4 is 17.0 Å². The van der Waals surface area contributed by atoms with Gasteiger partial charge in [-0.1, -0.05) is 6.07 Å². The summed E-state index contributed by atoms with van der Waals surface area (Å²) in [6.45, 7) is 11.2. The third-order valence-corrected chi connectivity index (χ3v) is 5.84. The highest BCUT2D eigenvalue weighted by atomic mass is 32.2. The second kappa shape index (κ2) is 7.38. The molecule has 23 heavy (non-hydrogen) atoms. The average molecular weight is 341 g/mol. The van der Waals surface area contributed by atoms with E-state index in [9.17, 15) is 8.94 Å². The van der Waals surface area contributed by atoms with Gasteiger partial charge in [0.05, 0.1) is 11.7 Å². The molecule has 1 heterocycles. The van der Waals surface area contributed by atoms with Crippen LogP contribution in [0.3, 0.4) is 0 Å². The lowest BCUT2D eigenvalue weighted by atomic mass is 10.1. The summed E-state index contributed by atoms with van der Waals surface area (Å²) in [6.07, 6.45) is 0. The number of hydrogen-bond acceptors (Lipinski definition) is 4. The van der Waals surface area contributed by atoms with E-state index < -0.39 is 11.4 Å². The summed E-state index contributed by atoms with van der Waals surface area (Å²) in [6, 6.07) is 5.17. The van der Waals surface area contributed by atoms with Crippen molar-refractivity contribution in [3.05, 3.63) is 29.6 Å². The van der Waals surface area contributed by atoms with Gasteiger partial charge in [-0.05, 0) is 52.4 Å². The number of piperazine rings is 1. The minimum atomic E-state index is -1.18. The minimum absolute atomic E-state index is 0.161. The normalized spacial score (nSPS) is 19.7. The summed E-state index contributed by atoms with van der Waals surface area (Å²) < 4.78 is 29.4. The minimum Gasteiger partial charge on any atom is -0.598 e. The van der Waals surface area contributed by atoms with Crippen LogP contribution >= 0.6 is 0 Å². The first-order valence-corrected chi connectivity index (χ1v) is 9.24. The molecule has 6 heteroatoms. The zero-order chi connectivity index (χ0) is 17.2. The molecule has 1 aromatic rings. The Hall–Kier alpha value is -0.820. The highest BCUT2D eigenvalue weighted by Crippen LogP contribution is 2.26. The number of nitrogens with one attached hydrogen (secondary N) is 1. The van der Waals surface area contributed by atoms with Gasteiger partial charge in [0.1, 0.15) is 10.6 Å². The van der Waals surface area contributed by atoms with Gasteiger partial charge in [-0.3, -0.25) is 0 Å². The molecule has 1 unspecified atom stereocenters. The van der Waals surface area contributed by atoms with E-state index in [0.717, 1.165) is 31.7 Å². The van der Waals surface area contributed by atoms with Gasteiger partial charge in [-0.2, -0.15) is 0 Å². The van der Waals surface area contributed by atoms with Gasteiger partial charge in [-0.25, -0.2) is 4.39 Å². The maximum Gasteiger partial charge on any atom is 0.146 e. The fourth-order valence-electron chi connectivity index (χ4n) is 2.50. The molecule has 0 amide bonds. The highest BCUT2D eigenvalue weighted by molar-refractivity contribution is 7.90. The van der Waals surface area contributed by atoms with Crippen LogP contribution in [0.2, 0.25) is 0 Å². The lowest BCUT2D eigenvalue weighted by Gasteiger charge is -2.34. The van der Waals surface area contributed by atoms with Gasteiger partial charge < -0.3 is 14.4 Å². The lowest BCUT2D eigenvalue weighted by molar-refractivity contribution is 0.311. The topological polar surface area (TPSA) is 41.6 Å². The number of likely N-dealkylation sites (N-methyl/N-ethyl adjacent to an activating group) is 1. The van der Waals surface area contributed by atoms with E-state index in [1.165, 1.54) is 0 Å². The summed E-state index contributed by atoms with van der Waals surface area (Å²) in [4.78, 5) is 4.33. The standard InChI is InChI=1S/C17H28FN3OS/c1-13(19-23(22)17(2,3)4)14-6-7-16(15(18)12-14)21-10-8-20(5)9-11-21/h6-7,12-13,19H,8-11H2,1-5H3/t13-,23?/m0/s1. The van der Waals surface area contributed by atoms with Crippen molar-refractivity contribution in [3.8, 4) is 0 Å². The number of hydrogen-bond donors (Lipinski definition) is 1. The molecule has 1 saturated heterocycles. The van der Waals surface area contributed by atoms with Gasteiger partial charge >= 0.3 is 0 Å². The smallest absolute Gasteiger partial charge is 0.146 e. The van der Waals surface area contributed by atoms with E-state index in [4.69, 9.17) is 0 Å². The molecule has 2 atom stereocenters. The maximum absolute atomic E-state index is 14.5. The predicted octanol–water partition coefficient (Wildman–Crippen LogP) is 2.69. The molecule has 1 aromatic carbocycles. The molecule has 0 bridgehead atoms. The van der Waals surface area contributed by atoms with E-state index in [1.54, 1.807) is 6.07 Å². The van der Waals surface area contributed by atoms with Crippen LogP contribution in [0, 0.1) is 5.82 Å².